The third-order valence-corrected chi connectivity index (χ3v) is 7.34. The molecule has 1 aliphatic carbocycles. The molecule has 0 amide bonds. The van der Waals surface area contributed by atoms with Crippen molar-refractivity contribution in [3.8, 4) is 0 Å². The molecule has 0 saturated carbocycles. The van der Waals surface area contributed by atoms with Gasteiger partial charge in [0.25, 0.3) is 0 Å². The molecule has 0 heterocycles. The molecule has 0 bridgehead atoms. The fraction of sp³-hybridized carbons (Fsp3) is 0.280. The van der Waals surface area contributed by atoms with Crippen molar-refractivity contribution in [3.63, 3.8) is 0 Å². The number of nitrogens with one attached hydrogen (secondary N) is 1. The van der Waals surface area contributed by atoms with Gasteiger partial charge in [0.15, 0.2) is 0 Å². The van der Waals surface area contributed by atoms with Gasteiger partial charge < -0.3 is 5.73 Å². The molecule has 1 aliphatic rings. The van der Waals surface area contributed by atoms with Crippen LogP contribution in [0.25, 0.3) is 0 Å². The molecule has 3 aromatic rings. The summed E-state index contributed by atoms with van der Waals surface area (Å²) in [7, 11) is -3.55. The van der Waals surface area contributed by atoms with Crippen LogP contribution in [0.15, 0.2) is 77.7 Å². The Morgan fingerprint density at radius 2 is 1.74 bits per heavy atom. The van der Waals surface area contributed by atoms with Gasteiger partial charge in [-0.2, -0.15) is 0 Å². The molecule has 4 nitrogen and oxygen atoms in total. The lowest BCUT2D eigenvalue weighted by Crippen LogP contribution is -2.34. The van der Waals surface area contributed by atoms with Crippen molar-refractivity contribution >= 4 is 22.4 Å². The molecule has 164 valence electrons. The second-order valence-corrected chi connectivity index (χ2v) is 9.94. The summed E-state index contributed by atoms with van der Waals surface area (Å²) in [6.45, 7) is 2.15. The predicted molar refractivity (Wildman–Crippen MR) is 128 cm³/mol. The first-order valence-corrected chi connectivity index (χ1v) is 11.9. The lowest BCUT2D eigenvalue weighted by molar-refractivity contribution is 0.467. The van der Waals surface area contributed by atoms with Gasteiger partial charge >= 0.3 is 0 Å². The molecule has 2 atom stereocenters. The Hall–Kier alpha value is -2.18. The van der Waals surface area contributed by atoms with E-state index in [1.165, 1.54) is 16.7 Å². The van der Waals surface area contributed by atoms with E-state index in [1.807, 2.05) is 25.1 Å². The van der Waals surface area contributed by atoms with Crippen molar-refractivity contribution in [1.29, 1.82) is 0 Å². The highest BCUT2D eigenvalue weighted by atomic mass is 35.5. The molecule has 0 spiro atoms. The van der Waals surface area contributed by atoms with Crippen molar-refractivity contribution in [1.82, 2.24) is 4.72 Å². The molecule has 0 saturated heterocycles. The number of fused-ring (bicyclic) bond motifs is 1. The highest BCUT2D eigenvalue weighted by Crippen LogP contribution is 2.34. The molecule has 0 aliphatic heterocycles. The summed E-state index contributed by atoms with van der Waals surface area (Å²) in [5.41, 5.74) is 12.2. The van der Waals surface area contributed by atoms with Crippen LogP contribution in [0.1, 0.15) is 40.2 Å². The van der Waals surface area contributed by atoms with Crippen LogP contribution in [0.4, 0.5) is 0 Å². The van der Waals surface area contributed by atoms with Crippen LogP contribution in [0.3, 0.4) is 0 Å². The summed E-state index contributed by atoms with van der Waals surface area (Å²) in [5.74, 6) is 0.240. The highest BCUT2D eigenvalue weighted by molar-refractivity contribution is 7.89. The second-order valence-electron chi connectivity index (χ2n) is 8.17. The van der Waals surface area contributed by atoms with Crippen LogP contribution < -0.4 is 10.5 Å². The zero-order chi connectivity index (χ0) is 21.1. The van der Waals surface area contributed by atoms with Gasteiger partial charge in [-0.3, -0.25) is 0 Å². The molecular weight excluding hydrogens is 428 g/mol. The SMILES string of the molecule is Cc1cccc(S(=O)(=O)NCc2ccc3c(c2)C(Cc2ccccc2)C(N)CC3)c1.Cl. The fourth-order valence-electron chi connectivity index (χ4n) is 4.25. The molecule has 3 N–H and O–H groups in total. The Kier molecular flexibility index (Phi) is 7.55. The zero-order valence-corrected chi connectivity index (χ0v) is 19.3. The van der Waals surface area contributed by atoms with Crippen LogP contribution >= 0.6 is 12.4 Å². The topological polar surface area (TPSA) is 72.2 Å². The van der Waals surface area contributed by atoms with Gasteiger partial charge in [0.05, 0.1) is 4.90 Å². The maximum atomic E-state index is 12.7. The average Bonchev–Trinajstić information content (AvgIpc) is 2.75. The van der Waals surface area contributed by atoms with Gasteiger partial charge in [-0.25, -0.2) is 13.1 Å². The smallest absolute Gasteiger partial charge is 0.240 e. The fourth-order valence-corrected chi connectivity index (χ4v) is 5.38. The minimum absolute atomic E-state index is 0. The molecular formula is C25H29ClN2O2S. The number of nitrogens with two attached hydrogens (primary N) is 1. The van der Waals surface area contributed by atoms with E-state index in [1.54, 1.807) is 18.2 Å². The number of rotatable bonds is 6. The summed E-state index contributed by atoms with van der Waals surface area (Å²) in [4.78, 5) is 0.296. The monoisotopic (exact) mass is 456 g/mol. The Labute approximate surface area is 191 Å². The van der Waals surface area contributed by atoms with Gasteiger partial charge in [0.2, 0.25) is 10.0 Å². The van der Waals surface area contributed by atoms with E-state index in [0.717, 1.165) is 30.4 Å². The average molecular weight is 457 g/mol. The number of hydrogen-bond donors (Lipinski definition) is 2. The van der Waals surface area contributed by atoms with E-state index in [2.05, 4.69) is 41.1 Å². The first kappa shape index (κ1) is 23.5. The first-order valence-electron chi connectivity index (χ1n) is 10.4. The number of hydrogen-bond acceptors (Lipinski definition) is 3. The van der Waals surface area contributed by atoms with Crippen molar-refractivity contribution in [2.45, 2.75) is 49.6 Å². The molecule has 4 rings (SSSR count). The first-order chi connectivity index (χ1) is 14.4. The van der Waals surface area contributed by atoms with Crippen LogP contribution in [0.5, 0.6) is 0 Å². The summed E-state index contributed by atoms with van der Waals surface area (Å²) in [6.07, 6.45) is 2.84. The van der Waals surface area contributed by atoms with Crippen molar-refractivity contribution in [2.24, 2.45) is 5.73 Å². The Balaban J connectivity index is 0.00000272. The van der Waals surface area contributed by atoms with Gasteiger partial charge in [-0.05, 0) is 66.1 Å². The minimum atomic E-state index is -3.55. The molecule has 0 aromatic heterocycles. The lowest BCUT2D eigenvalue weighted by Gasteiger charge is -2.32. The van der Waals surface area contributed by atoms with Crippen LogP contribution in [-0.4, -0.2) is 14.5 Å². The van der Waals surface area contributed by atoms with Gasteiger partial charge in [-0.15, -0.1) is 12.4 Å². The quantitative estimate of drug-likeness (QED) is 0.573. The molecule has 0 radical (unpaired) electrons. The maximum Gasteiger partial charge on any atom is 0.240 e. The van der Waals surface area contributed by atoms with Gasteiger partial charge in [0, 0.05) is 18.5 Å². The highest BCUT2D eigenvalue weighted by Gasteiger charge is 2.27. The summed E-state index contributed by atoms with van der Waals surface area (Å²) in [6, 6.07) is 23.8. The number of halogens is 1. The van der Waals surface area contributed by atoms with Crippen molar-refractivity contribution < 1.29 is 8.42 Å². The molecule has 6 heteroatoms. The van der Waals surface area contributed by atoms with E-state index < -0.39 is 10.0 Å². The van der Waals surface area contributed by atoms with E-state index in [4.69, 9.17) is 5.73 Å². The van der Waals surface area contributed by atoms with E-state index >= 15 is 0 Å². The summed E-state index contributed by atoms with van der Waals surface area (Å²) >= 11 is 0. The molecule has 0 fully saturated rings. The van der Waals surface area contributed by atoms with Crippen molar-refractivity contribution in [2.75, 3.05) is 0 Å². The minimum Gasteiger partial charge on any atom is -0.327 e. The summed E-state index contributed by atoms with van der Waals surface area (Å²) < 4.78 is 28.1. The number of aryl methyl sites for hydroxylation is 2. The van der Waals surface area contributed by atoms with Gasteiger partial charge in [-0.1, -0.05) is 60.7 Å². The Morgan fingerprint density at radius 1 is 0.968 bits per heavy atom. The lowest BCUT2D eigenvalue weighted by atomic mass is 9.76. The summed E-state index contributed by atoms with van der Waals surface area (Å²) in [5, 5.41) is 0. The number of benzene rings is 3. The molecule has 2 unspecified atom stereocenters. The van der Waals surface area contributed by atoms with Crippen LogP contribution in [0, 0.1) is 6.92 Å². The Morgan fingerprint density at radius 3 is 2.48 bits per heavy atom. The van der Waals surface area contributed by atoms with Gasteiger partial charge in [0.1, 0.15) is 0 Å². The van der Waals surface area contributed by atoms with Crippen LogP contribution in [-0.2, 0) is 29.4 Å². The van der Waals surface area contributed by atoms with E-state index in [0.29, 0.717) is 4.90 Å². The normalized spacial score (nSPS) is 18.1. The standard InChI is InChI=1S/C25H28N2O2S.ClH/c1-18-6-5-9-22(14-18)30(28,29)27-17-20-10-11-21-12-13-25(26)24(23(21)16-20)15-19-7-3-2-4-8-19;/h2-11,14,16,24-25,27H,12-13,15,17,26H2,1H3;1H. The zero-order valence-electron chi connectivity index (χ0n) is 17.6. The third-order valence-electron chi connectivity index (χ3n) is 5.94. The third kappa shape index (κ3) is 5.55. The molecule has 31 heavy (non-hydrogen) atoms. The van der Waals surface area contributed by atoms with Crippen LogP contribution in [0.2, 0.25) is 0 Å². The predicted octanol–water partition coefficient (Wildman–Crippen LogP) is 4.50. The molecule has 3 aromatic carbocycles. The largest absolute Gasteiger partial charge is 0.327 e. The number of sulfonamides is 1. The van der Waals surface area contributed by atoms with E-state index in [9.17, 15) is 8.42 Å². The second kappa shape index (κ2) is 9.96. The maximum absolute atomic E-state index is 12.7. The Bertz CT molecular complexity index is 1130. The van der Waals surface area contributed by atoms with Crippen molar-refractivity contribution in [3.05, 3.63) is 101 Å². The van der Waals surface area contributed by atoms with E-state index in [-0.39, 0.29) is 30.9 Å².